The number of aromatic nitrogens is 1. The quantitative estimate of drug-likeness (QED) is 0.454. The molecule has 118 valence electrons. The Bertz CT molecular complexity index is 418. The molecule has 1 aromatic heterocycles. The van der Waals surface area contributed by atoms with E-state index in [0.717, 1.165) is 5.56 Å². The molecule has 0 fully saturated rings. The summed E-state index contributed by atoms with van der Waals surface area (Å²) < 4.78 is 21.0. The second-order valence-electron chi connectivity index (χ2n) is 4.15. The number of nitrogens with zero attached hydrogens (tertiary/aromatic N) is 1. The molecule has 6 nitrogen and oxygen atoms in total. The topological polar surface area (TPSA) is 75.8 Å². The van der Waals surface area contributed by atoms with E-state index >= 15 is 0 Å². The van der Waals surface area contributed by atoms with Crippen molar-refractivity contribution >= 4 is 17.2 Å². The highest BCUT2D eigenvalue weighted by molar-refractivity contribution is 7.80. The van der Waals surface area contributed by atoms with E-state index in [0.29, 0.717) is 51.9 Å². The summed E-state index contributed by atoms with van der Waals surface area (Å²) >= 11 is 4.94. The molecule has 0 amide bonds. The van der Waals surface area contributed by atoms with E-state index in [-0.39, 0.29) is 4.99 Å². The van der Waals surface area contributed by atoms with Gasteiger partial charge in [-0.15, -0.1) is 0 Å². The van der Waals surface area contributed by atoms with Gasteiger partial charge in [-0.05, 0) is 6.07 Å². The lowest BCUT2D eigenvalue weighted by Gasteiger charge is -2.09. The molecule has 0 bridgehead atoms. The van der Waals surface area contributed by atoms with Gasteiger partial charge in [0.2, 0.25) is 0 Å². The van der Waals surface area contributed by atoms with Gasteiger partial charge in [-0.3, -0.25) is 4.98 Å². The van der Waals surface area contributed by atoms with Crippen LogP contribution < -0.4 is 5.73 Å². The van der Waals surface area contributed by atoms with E-state index in [9.17, 15) is 0 Å². The van der Waals surface area contributed by atoms with Crippen LogP contribution in [0.3, 0.4) is 0 Å². The lowest BCUT2D eigenvalue weighted by molar-refractivity contribution is 0.000824. The van der Waals surface area contributed by atoms with Crippen LogP contribution in [0.4, 0.5) is 0 Å². The van der Waals surface area contributed by atoms with Gasteiger partial charge in [0.15, 0.2) is 0 Å². The standard InChI is InChI=1S/C14H22N2O4S/c1-17-5-6-18-7-8-19-9-10-20-11-12-3-2-4-16-13(12)14(15)21/h2-4H,5-11H2,1H3,(H2,15,21). The van der Waals surface area contributed by atoms with Crippen molar-refractivity contribution < 1.29 is 18.9 Å². The second-order valence-corrected chi connectivity index (χ2v) is 4.59. The zero-order valence-corrected chi connectivity index (χ0v) is 13.1. The molecule has 0 aromatic carbocycles. The van der Waals surface area contributed by atoms with Crippen LogP contribution in [-0.2, 0) is 25.6 Å². The molecule has 1 rings (SSSR count). The van der Waals surface area contributed by atoms with Crippen molar-refractivity contribution in [2.45, 2.75) is 6.61 Å². The summed E-state index contributed by atoms with van der Waals surface area (Å²) in [4.78, 5) is 4.41. The highest BCUT2D eigenvalue weighted by Gasteiger charge is 2.05. The molecule has 0 aliphatic carbocycles. The van der Waals surface area contributed by atoms with Crippen LogP contribution in [0.1, 0.15) is 11.3 Å². The fourth-order valence-corrected chi connectivity index (χ4v) is 1.72. The summed E-state index contributed by atoms with van der Waals surface area (Å²) in [5, 5.41) is 0. The monoisotopic (exact) mass is 314 g/mol. The zero-order chi connectivity index (χ0) is 15.3. The molecule has 21 heavy (non-hydrogen) atoms. The Labute approximate surface area is 130 Å². The first-order valence-corrected chi connectivity index (χ1v) is 7.12. The van der Waals surface area contributed by atoms with E-state index in [1.807, 2.05) is 12.1 Å². The number of hydrogen-bond donors (Lipinski definition) is 1. The number of methoxy groups -OCH3 is 1. The molecule has 2 N–H and O–H groups in total. The Morgan fingerprint density at radius 2 is 1.71 bits per heavy atom. The molecule has 0 radical (unpaired) electrons. The third-order valence-electron chi connectivity index (χ3n) is 2.56. The smallest absolute Gasteiger partial charge is 0.123 e. The van der Waals surface area contributed by atoms with E-state index in [2.05, 4.69) is 4.98 Å². The third kappa shape index (κ3) is 8.03. The van der Waals surface area contributed by atoms with E-state index in [1.165, 1.54) is 0 Å². The maximum atomic E-state index is 5.60. The minimum absolute atomic E-state index is 0.277. The molecule has 1 heterocycles. The molecule has 1 aromatic rings. The first-order chi connectivity index (χ1) is 10.3. The van der Waals surface area contributed by atoms with E-state index < -0.39 is 0 Å². The van der Waals surface area contributed by atoms with Gasteiger partial charge < -0.3 is 24.7 Å². The van der Waals surface area contributed by atoms with Crippen molar-refractivity contribution in [2.75, 3.05) is 46.8 Å². The van der Waals surface area contributed by atoms with Crippen molar-refractivity contribution in [3.05, 3.63) is 29.6 Å². The molecular weight excluding hydrogens is 292 g/mol. The first-order valence-electron chi connectivity index (χ1n) is 6.71. The van der Waals surface area contributed by atoms with Gasteiger partial charge in [0.05, 0.1) is 46.2 Å². The van der Waals surface area contributed by atoms with Gasteiger partial charge in [-0.2, -0.15) is 0 Å². The second kappa shape index (κ2) is 11.5. The summed E-state index contributed by atoms with van der Waals surface area (Å²) in [5.41, 5.74) is 7.09. The van der Waals surface area contributed by atoms with E-state index in [1.54, 1.807) is 13.3 Å². The molecule has 0 aliphatic heterocycles. The fraction of sp³-hybridized carbons (Fsp3) is 0.571. The minimum Gasteiger partial charge on any atom is -0.388 e. The number of ether oxygens (including phenoxy) is 4. The summed E-state index contributed by atoms with van der Waals surface area (Å²) in [6, 6.07) is 3.72. The maximum absolute atomic E-state index is 5.60. The molecule has 0 saturated heterocycles. The number of hydrogen-bond acceptors (Lipinski definition) is 6. The summed E-state index contributed by atoms with van der Waals surface area (Å²) in [6.07, 6.45) is 1.66. The predicted octanol–water partition coefficient (Wildman–Crippen LogP) is 0.912. The van der Waals surface area contributed by atoms with Crippen LogP contribution in [0, 0.1) is 0 Å². The predicted molar refractivity (Wildman–Crippen MR) is 83.3 cm³/mol. The largest absolute Gasteiger partial charge is 0.388 e. The molecule has 7 heteroatoms. The van der Waals surface area contributed by atoms with Crippen LogP contribution in [0.2, 0.25) is 0 Å². The highest BCUT2D eigenvalue weighted by atomic mass is 32.1. The van der Waals surface area contributed by atoms with Crippen LogP contribution in [0.5, 0.6) is 0 Å². The number of nitrogens with two attached hydrogens (primary N) is 1. The highest BCUT2D eigenvalue weighted by Crippen LogP contribution is 2.06. The van der Waals surface area contributed by atoms with Gasteiger partial charge in [-0.1, -0.05) is 18.3 Å². The minimum atomic E-state index is 0.277. The maximum Gasteiger partial charge on any atom is 0.123 e. The van der Waals surface area contributed by atoms with Crippen molar-refractivity contribution in [3.8, 4) is 0 Å². The van der Waals surface area contributed by atoms with Crippen molar-refractivity contribution in [2.24, 2.45) is 5.73 Å². The summed E-state index contributed by atoms with van der Waals surface area (Å²) in [5.74, 6) is 0. The van der Waals surface area contributed by atoms with Crippen molar-refractivity contribution in [1.82, 2.24) is 4.98 Å². The summed E-state index contributed by atoms with van der Waals surface area (Å²) in [6.45, 7) is 3.68. The fourth-order valence-electron chi connectivity index (χ4n) is 1.54. The van der Waals surface area contributed by atoms with Crippen LogP contribution in [-0.4, -0.2) is 56.7 Å². The first kappa shape index (κ1) is 17.9. The molecule has 0 atom stereocenters. The average Bonchev–Trinajstić information content (AvgIpc) is 2.49. The average molecular weight is 314 g/mol. The Balaban J connectivity index is 2.06. The zero-order valence-electron chi connectivity index (χ0n) is 12.2. The Morgan fingerprint density at radius 1 is 1.10 bits per heavy atom. The Hall–Kier alpha value is -1.12. The van der Waals surface area contributed by atoms with Crippen LogP contribution in [0.25, 0.3) is 0 Å². The van der Waals surface area contributed by atoms with Gasteiger partial charge in [0.1, 0.15) is 10.7 Å². The Morgan fingerprint density at radius 3 is 2.33 bits per heavy atom. The molecular formula is C14H22N2O4S. The van der Waals surface area contributed by atoms with Gasteiger partial charge >= 0.3 is 0 Å². The molecule has 0 saturated carbocycles. The lowest BCUT2D eigenvalue weighted by atomic mass is 10.2. The van der Waals surface area contributed by atoms with Gasteiger partial charge in [-0.25, -0.2) is 0 Å². The molecule has 0 unspecified atom stereocenters. The third-order valence-corrected chi connectivity index (χ3v) is 2.75. The van der Waals surface area contributed by atoms with Crippen molar-refractivity contribution in [3.63, 3.8) is 0 Å². The number of pyridine rings is 1. The van der Waals surface area contributed by atoms with Crippen LogP contribution >= 0.6 is 12.2 Å². The number of rotatable bonds is 12. The molecule has 0 aliphatic rings. The number of thiocarbonyl (C=S) groups is 1. The normalized spacial score (nSPS) is 10.7. The van der Waals surface area contributed by atoms with Gasteiger partial charge in [0.25, 0.3) is 0 Å². The lowest BCUT2D eigenvalue weighted by Crippen LogP contribution is -2.15. The Kier molecular flexibility index (Phi) is 9.84. The summed E-state index contributed by atoms with van der Waals surface area (Å²) in [7, 11) is 1.64. The SMILES string of the molecule is COCCOCCOCCOCc1cccnc1C(N)=S. The van der Waals surface area contributed by atoms with Crippen LogP contribution in [0.15, 0.2) is 18.3 Å². The molecule has 0 spiro atoms. The van der Waals surface area contributed by atoms with Crippen molar-refractivity contribution in [1.29, 1.82) is 0 Å². The van der Waals surface area contributed by atoms with E-state index in [4.69, 9.17) is 36.9 Å². The van der Waals surface area contributed by atoms with Gasteiger partial charge in [0, 0.05) is 18.9 Å².